The van der Waals surface area contributed by atoms with Crippen molar-refractivity contribution in [3.8, 4) is 11.1 Å². The van der Waals surface area contributed by atoms with Crippen molar-refractivity contribution >= 4 is 52.4 Å². The second kappa shape index (κ2) is 21.0. The van der Waals surface area contributed by atoms with Crippen LogP contribution in [0.1, 0.15) is 132 Å². The fourth-order valence-corrected chi connectivity index (χ4v) is 9.98. The first-order valence-corrected chi connectivity index (χ1v) is 23.8. The minimum Gasteiger partial charge on any atom is -0.374 e. The molecule has 4 aliphatic rings. The second-order valence-electron chi connectivity index (χ2n) is 18.3. The Morgan fingerprint density at radius 2 is 1.61 bits per heavy atom. The van der Waals surface area contributed by atoms with Gasteiger partial charge in [0.2, 0.25) is 29.5 Å². The first kappa shape index (κ1) is 46.4. The molecule has 17 heteroatoms. The molecule has 8 rings (SSSR count). The summed E-state index contributed by atoms with van der Waals surface area (Å²) < 4.78 is 33.1. The predicted molar refractivity (Wildman–Crippen MR) is 247 cm³/mol. The number of hydrogen-bond donors (Lipinski definition) is 3. The van der Waals surface area contributed by atoms with Gasteiger partial charge in [-0.05, 0) is 86.4 Å². The van der Waals surface area contributed by atoms with E-state index in [-0.39, 0.29) is 47.6 Å². The first-order valence-electron chi connectivity index (χ1n) is 23.8. The number of alkyl halides is 2. The number of unbranched alkanes of at least 4 members (excludes halogenated alkanes) is 6. The Hall–Kier alpha value is -6.13. The Labute approximate surface area is 384 Å². The lowest BCUT2D eigenvalue weighted by Gasteiger charge is -2.34. The molecule has 2 fully saturated rings. The molecule has 0 saturated carbocycles. The molecular formula is C49H62F2N10O5. The number of hydrogen-bond acceptors (Lipinski definition) is 9. The molecule has 2 saturated heterocycles. The molecule has 2 aromatic heterocycles. The van der Waals surface area contributed by atoms with E-state index in [4.69, 9.17) is 5.10 Å². The van der Waals surface area contributed by atoms with Crippen LogP contribution in [-0.4, -0.2) is 91.1 Å². The fraction of sp³-hybridized carbons (Fsp3) is 0.531. The standard InChI is InChI=1S/C49H62F2N10O5/c1-32(62)59-25-21-42-40(31-59)48(60-22-11-12-33-26-38(34-29-52-57(2)30-34)39(47(50)51)28-43(33)60)56-61(42)37-19-23-58(24-20-37)46(65)16-9-7-5-3-4-6-8-15-44(63)54-36-14-10-13-35(27-36)53-41-17-18-45(64)55-49(41)66/h10,13-14,26-30,37,41,47,53H,3-9,11-12,15-25,31H2,1-2H3,(H,54,63)(H,55,64,66). The number of imide groups is 1. The van der Waals surface area contributed by atoms with Crippen LogP contribution in [0.5, 0.6) is 0 Å². The third-order valence-corrected chi connectivity index (χ3v) is 13.6. The molecule has 3 N–H and O–H groups in total. The van der Waals surface area contributed by atoms with Crippen molar-refractivity contribution in [2.45, 2.75) is 135 Å². The van der Waals surface area contributed by atoms with Crippen molar-refractivity contribution in [3.63, 3.8) is 0 Å². The van der Waals surface area contributed by atoms with E-state index in [2.05, 4.69) is 30.6 Å². The van der Waals surface area contributed by atoms with Gasteiger partial charge in [0.15, 0.2) is 5.82 Å². The van der Waals surface area contributed by atoms with Gasteiger partial charge in [-0.3, -0.25) is 38.7 Å². The normalized spacial score (nSPS) is 17.7. The molecule has 66 heavy (non-hydrogen) atoms. The van der Waals surface area contributed by atoms with Crippen molar-refractivity contribution in [1.29, 1.82) is 0 Å². The Morgan fingerprint density at radius 3 is 2.32 bits per heavy atom. The molecule has 0 aliphatic carbocycles. The summed E-state index contributed by atoms with van der Waals surface area (Å²) in [6, 6.07) is 10.3. The Balaban J connectivity index is 0.782. The number of aromatic nitrogens is 4. The molecule has 0 radical (unpaired) electrons. The smallest absolute Gasteiger partial charge is 0.264 e. The summed E-state index contributed by atoms with van der Waals surface area (Å²) in [5.74, 6) is 0.245. The number of amides is 5. The minimum absolute atomic E-state index is 0.00630. The molecule has 0 bridgehead atoms. The van der Waals surface area contributed by atoms with Crippen LogP contribution in [0.4, 0.5) is 31.7 Å². The van der Waals surface area contributed by atoms with Gasteiger partial charge < -0.3 is 25.3 Å². The summed E-state index contributed by atoms with van der Waals surface area (Å²) in [6.45, 7) is 4.51. The van der Waals surface area contributed by atoms with Crippen LogP contribution < -0.4 is 20.9 Å². The van der Waals surface area contributed by atoms with E-state index < -0.39 is 12.5 Å². The average molecular weight is 909 g/mol. The lowest BCUT2D eigenvalue weighted by molar-refractivity contribution is -0.134. The number of carbonyl (C=O) groups is 5. The largest absolute Gasteiger partial charge is 0.374 e. The van der Waals surface area contributed by atoms with Crippen molar-refractivity contribution in [2.75, 3.05) is 41.7 Å². The minimum atomic E-state index is -2.68. The van der Waals surface area contributed by atoms with Crippen LogP contribution >= 0.6 is 0 Å². The van der Waals surface area contributed by atoms with E-state index in [0.717, 1.165) is 99.0 Å². The molecular weight excluding hydrogens is 847 g/mol. The molecule has 4 aromatic rings. The van der Waals surface area contributed by atoms with Gasteiger partial charge in [0.1, 0.15) is 6.04 Å². The van der Waals surface area contributed by atoms with Gasteiger partial charge in [-0.1, -0.05) is 38.2 Å². The molecule has 5 amide bonds. The number of halogens is 2. The number of nitrogens with one attached hydrogen (secondary N) is 3. The monoisotopic (exact) mass is 908 g/mol. The Morgan fingerprint density at radius 1 is 0.864 bits per heavy atom. The van der Waals surface area contributed by atoms with Crippen molar-refractivity contribution in [2.24, 2.45) is 7.05 Å². The van der Waals surface area contributed by atoms with Gasteiger partial charge >= 0.3 is 0 Å². The SMILES string of the molecule is CC(=O)N1CCc2c(c(N3CCCc4cc(-c5cnn(C)c5)c(C(F)F)cc43)nn2C2CCN(C(=O)CCCCCCCCCC(=O)Nc3cccc(NC4CCC(=O)NC4=O)c3)CC2)C1. The number of likely N-dealkylation sites (tertiary alicyclic amines) is 1. The van der Waals surface area contributed by atoms with Gasteiger partial charge in [0.25, 0.3) is 6.43 Å². The maximum Gasteiger partial charge on any atom is 0.264 e. The summed E-state index contributed by atoms with van der Waals surface area (Å²) in [5.41, 5.74) is 6.25. The Bertz CT molecular complexity index is 2420. The summed E-state index contributed by atoms with van der Waals surface area (Å²) >= 11 is 0. The molecule has 1 unspecified atom stereocenters. The number of nitrogens with zero attached hydrogens (tertiary/aromatic N) is 7. The number of aryl methyl sites for hydroxylation is 2. The van der Waals surface area contributed by atoms with Crippen LogP contribution in [0.3, 0.4) is 0 Å². The highest BCUT2D eigenvalue weighted by atomic mass is 19.3. The molecule has 2 aromatic carbocycles. The van der Waals surface area contributed by atoms with Crippen molar-refractivity contribution < 1.29 is 32.8 Å². The van der Waals surface area contributed by atoms with Crippen LogP contribution in [-0.2, 0) is 50.4 Å². The molecule has 1 atom stereocenters. The van der Waals surface area contributed by atoms with E-state index in [0.29, 0.717) is 80.9 Å². The lowest BCUT2D eigenvalue weighted by Crippen LogP contribution is -2.47. The van der Waals surface area contributed by atoms with Gasteiger partial charge in [0.05, 0.1) is 18.8 Å². The number of rotatable bonds is 17. The topological polar surface area (TPSA) is 167 Å². The number of piperidine rings is 2. The number of fused-ring (bicyclic) bond motifs is 2. The van der Waals surface area contributed by atoms with Crippen LogP contribution in [0, 0.1) is 0 Å². The van der Waals surface area contributed by atoms with Gasteiger partial charge in [-0.25, -0.2) is 8.78 Å². The fourth-order valence-electron chi connectivity index (χ4n) is 9.98. The predicted octanol–water partition coefficient (Wildman–Crippen LogP) is 7.74. The van der Waals surface area contributed by atoms with E-state index >= 15 is 0 Å². The van der Waals surface area contributed by atoms with E-state index in [1.54, 1.807) is 43.2 Å². The van der Waals surface area contributed by atoms with Crippen molar-refractivity contribution in [1.82, 2.24) is 34.7 Å². The van der Waals surface area contributed by atoms with Gasteiger partial charge in [0, 0.05) is 111 Å². The molecule has 6 heterocycles. The van der Waals surface area contributed by atoms with E-state index in [1.807, 2.05) is 34.1 Å². The van der Waals surface area contributed by atoms with Crippen LogP contribution in [0.25, 0.3) is 11.1 Å². The van der Waals surface area contributed by atoms with E-state index in [1.165, 1.54) is 0 Å². The summed E-state index contributed by atoms with van der Waals surface area (Å²) in [6.07, 6.45) is 12.8. The summed E-state index contributed by atoms with van der Waals surface area (Å²) in [7, 11) is 1.77. The number of anilines is 4. The third kappa shape index (κ3) is 10.9. The van der Waals surface area contributed by atoms with Gasteiger partial charge in [-0.2, -0.15) is 10.2 Å². The quantitative estimate of drug-likeness (QED) is 0.0710. The maximum atomic E-state index is 14.7. The zero-order valence-electron chi connectivity index (χ0n) is 38.1. The Kier molecular flexibility index (Phi) is 14.8. The second-order valence-corrected chi connectivity index (χ2v) is 18.3. The summed E-state index contributed by atoms with van der Waals surface area (Å²) in [4.78, 5) is 68.0. The molecule has 15 nitrogen and oxygen atoms in total. The highest BCUT2D eigenvalue weighted by Gasteiger charge is 2.35. The first-order chi connectivity index (χ1) is 31.9. The third-order valence-electron chi connectivity index (χ3n) is 13.6. The molecule has 352 valence electrons. The maximum absolute atomic E-state index is 14.7. The average Bonchev–Trinajstić information content (AvgIpc) is 3.92. The summed E-state index contributed by atoms with van der Waals surface area (Å²) in [5, 5.41) is 17.9. The van der Waals surface area contributed by atoms with Gasteiger partial charge in [-0.15, -0.1) is 0 Å². The molecule has 4 aliphatic heterocycles. The zero-order chi connectivity index (χ0) is 46.3. The zero-order valence-corrected chi connectivity index (χ0v) is 38.1. The molecule has 0 spiro atoms. The van der Waals surface area contributed by atoms with Crippen LogP contribution in [0.2, 0.25) is 0 Å². The lowest BCUT2D eigenvalue weighted by atomic mass is 9.92. The van der Waals surface area contributed by atoms with E-state index in [9.17, 15) is 32.8 Å². The van der Waals surface area contributed by atoms with Crippen molar-refractivity contribution in [3.05, 3.63) is 71.2 Å². The number of carbonyl (C=O) groups excluding carboxylic acids is 5. The highest BCUT2D eigenvalue weighted by molar-refractivity contribution is 6.01. The van der Waals surface area contributed by atoms with Crippen LogP contribution in [0.15, 0.2) is 48.8 Å². The number of benzene rings is 2. The highest BCUT2D eigenvalue weighted by Crippen LogP contribution is 2.44.